The van der Waals surface area contributed by atoms with Crippen molar-refractivity contribution in [2.24, 2.45) is 5.84 Å². The van der Waals surface area contributed by atoms with Crippen molar-refractivity contribution in [1.29, 1.82) is 0 Å². The highest BCUT2D eigenvalue weighted by Gasteiger charge is 2.39. The summed E-state index contributed by atoms with van der Waals surface area (Å²) in [6.45, 7) is 2.88. The highest BCUT2D eigenvalue weighted by Crippen LogP contribution is 2.32. The van der Waals surface area contributed by atoms with Gasteiger partial charge < -0.3 is 0 Å². The van der Waals surface area contributed by atoms with Crippen LogP contribution in [0.2, 0.25) is 0 Å². The van der Waals surface area contributed by atoms with Crippen LogP contribution in [0.5, 0.6) is 0 Å². The second kappa shape index (κ2) is 4.91. The van der Waals surface area contributed by atoms with Crippen molar-refractivity contribution in [3.8, 4) is 0 Å². The van der Waals surface area contributed by atoms with E-state index in [9.17, 15) is 17.2 Å². The van der Waals surface area contributed by atoms with Gasteiger partial charge in [-0.05, 0) is 31.5 Å². The summed E-state index contributed by atoms with van der Waals surface area (Å²) in [5.41, 5.74) is 2.45. The SMILES string of the molecule is CC(C)(C(NN)c1cc(F)cc(F)c1)S(C)(=O)=O. The maximum absolute atomic E-state index is 13.2. The Morgan fingerprint density at radius 3 is 2.00 bits per heavy atom. The molecule has 1 aromatic rings. The van der Waals surface area contributed by atoms with Crippen LogP contribution >= 0.6 is 0 Å². The molecule has 3 N–H and O–H groups in total. The van der Waals surface area contributed by atoms with Gasteiger partial charge in [0.15, 0.2) is 9.84 Å². The van der Waals surface area contributed by atoms with Gasteiger partial charge in [0.25, 0.3) is 0 Å². The summed E-state index contributed by atoms with van der Waals surface area (Å²) >= 11 is 0. The van der Waals surface area contributed by atoms with Crippen LogP contribution < -0.4 is 11.3 Å². The number of rotatable bonds is 4. The summed E-state index contributed by atoms with van der Waals surface area (Å²) in [5, 5.41) is 0. The van der Waals surface area contributed by atoms with Crippen molar-refractivity contribution in [2.45, 2.75) is 24.6 Å². The van der Waals surface area contributed by atoms with Gasteiger partial charge in [-0.3, -0.25) is 11.3 Å². The number of sulfone groups is 1. The molecular formula is C11H16F2N2O2S. The minimum Gasteiger partial charge on any atom is -0.271 e. The van der Waals surface area contributed by atoms with E-state index in [-0.39, 0.29) is 5.56 Å². The van der Waals surface area contributed by atoms with Crippen molar-refractivity contribution in [1.82, 2.24) is 5.43 Å². The standard InChI is InChI=1S/C11H16F2N2O2S/c1-11(2,18(3,16)17)10(15-14)7-4-8(12)6-9(13)5-7/h4-6,10,15H,14H2,1-3H3. The summed E-state index contributed by atoms with van der Waals surface area (Å²) < 4.78 is 48.4. The van der Waals surface area contributed by atoms with Crippen molar-refractivity contribution >= 4 is 9.84 Å². The predicted octanol–water partition coefficient (Wildman–Crippen LogP) is 1.29. The molecule has 1 rings (SSSR count). The Balaban J connectivity index is 3.34. The molecular weight excluding hydrogens is 262 g/mol. The maximum Gasteiger partial charge on any atom is 0.154 e. The van der Waals surface area contributed by atoms with E-state index >= 15 is 0 Å². The third kappa shape index (κ3) is 2.85. The normalized spacial score (nSPS) is 14.6. The van der Waals surface area contributed by atoms with Crippen molar-refractivity contribution in [2.75, 3.05) is 6.26 Å². The first kappa shape index (κ1) is 15.0. The smallest absolute Gasteiger partial charge is 0.154 e. The molecule has 0 radical (unpaired) electrons. The number of nitrogens with one attached hydrogen (secondary N) is 1. The van der Waals surface area contributed by atoms with E-state index in [0.717, 1.165) is 18.4 Å². The Morgan fingerprint density at radius 1 is 1.22 bits per heavy atom. The summed E-state index contributed by atoms with van der Waals surface area (Å²) in [7, 11) is -3.47. The molecule has 0 aliphatic heterocycles. The van der Waals surface area contributed by atoms with Crippen LogP contribution in [0.1, 0.15) is 25.5 Å². The van der Waals surface area contributed by atoms with Crippen LogP contribution in [0.4, 0.5) is 8.78 Å². The molecule has 0 aliphatic carbocycles. The van der Waals surface area contributed by atoms with Crippen LogP contribution in [0.25, 0.3) is 0 Å². The van der Waals surface area contributed by atoms with Gasteiger partial charge in [0.05, 0.1) is 10.8 Å². The number of benzene rings is 1. The second-order valence-electron chi connectivity index (χ2n) is 4.68. The molecule has 0 spiro atoms. The molecule has 0 fully saturated rings. The van der Waals surface area contributed by atoms with Gasteiger partial charge in [-0.15, -0.1) is 0 Å². The Hall–Kier alpha value is -1.05. The van der Waals surface area contributed by atoms with E-state index in [1.807, 2.05) is 0 Å². The van der Waals surface area contributed by atoms with E-state index in [1.165, 1.54) is 13.8 Å². The molecule has 4 nitrogen and oxygen atoms in total. The first-order valence-electron chi connectivity index (χ1n) is 5.21. The summed E-state index contributed by atoms with van der Waals surface area (Å²) in [5.74, 6) is 3.76. The number of hydrogen-bond acceptors (Lipinski definition) is 4. The summed E-state index contributed by atoms with van der Waals surface area (Å²) in [4.78, 5) is 0. The molecule has 0 aliphatic rings. The van der Waals surface area contributed by atoms with Gasteiger partial charge in [-0.2, -0.15) is 0 Å². The van der Waals surface area contributed by atoms with E-state index < -0.39 is 32.3 Å². The van der Waals surface area contributed by atoms with Crippen LogP contribution in [-0.2, 0) is 9.84 Å². The molecule has 1 unspecified atom stereocenters. The average molecular weight is 278 g/mol. The molecule has 0 aromatic heterocycles. The molecule has 0 saturated heterocycles. The van der Waals surface area contributed by atoms with E-state index in [1.54, 1.807) is 0 Å². The zero-order valence-electron chi connectivity index (χ0n) is 10.4. The number of nitrogens with two attached hydrogens (primary N) is 1. The van der Waals surface area contributed by atoms with Crippen LogP contribution in [-0.4, -0.2) is 19.4 Å². The Kier molecular flexibility index (Phi) is 4.09. The molecule has 0 bridgehead atoms. The maximum atomic E-state index is 13.2. The van der Waals surface area contributed by atoms with E-state index in [4.69, 9.17) is 5.84 Å². The highest BCUT2D eigenvalue weighted by atomic mass is 32.2. The highest BCUT2D eigenvalue weighted by molar-refractivity contribution is 7.92. The minimum atomic E-state index is -3.47. The summed E-state index contributed by atoms with van der Waals surface area (Å²) in [6, 6.07) is 1.91. The zero-order chi connectivity index (χ0) is 14.1. The number of halogens is 2. The van der Waals surface area contributed by atoms with Gasteiger partial charge >= 0.3 is 0 Å². The van der Waals surface area contributed by atoms with Gasteiger partial charge in [0, 0.05) is 12.3 Å². The van der Waals surface area contributed by atoms with Crippen LogP contribution in [0, 0.1) is 11.6 Å². The molecule has 7 heteroatoms. The Morgan fingerprint density at radius 2 is 1.67 bits per heavy atom. The first-order valence-corrected chi connectivity index (χ1v) is 7.10. The topological polar surface area (TPSA) is 72.2 Å². The lowest BCUT2D eigenvalue weighted by Crippen LogP contribution is -2.47. The van der Waals surface area contributed by atoms with Crippen LogP contribution in [0.3, 0.4) is 0 Å². The second-order valence-corrected chi connectivity index (χ2v) is 7.27. The van der Waals surface area contributed by atoms with Gasteiger partial charge in [0.1, 0.15) is 11.6 Å². The fourth-order valence-electron chi connectivity index (χ4n) is 1.65. The fraction of sp³-hybridized carbons (Fsp3) is 0.455. The first-order chi connectivity index (χ1) is 8.09. The van der Waals surface area contributed by atoms with Crippen molar-refractivity contribution < 1.29 is 17.2 Å². The average Bonchev–Trinajstić information content (AvgIpc) is 2.14. The Labute approximate surface area is 105 Å². The van der Waals surface area contributed by atoms with E-state index in [0.29, 0.717) is 6.07 Å². The predicted molar refractivity (Wildman–Crippen MR) is 65.3 cm³/mol. The summed E-state index contributed by atoms with van der Waals surface area (Å²) in [6.07, 6.45) is 1.05. The number of hydrazine groups is 1. The molecule has 0 saturated carbocycles. The van der Waals surface area contributed by atoms with Gasteiger partial charge in [0.2, 0.25) is 0 Å². The van der Waals surface area contributed by atoms with Crippen molar-refractivity contribution in [3.63, 3.8) is 0 Å². The van der Waals surface area contributed by atoms with Crippen molar-refractivity contribution in [3.05, 3.63) is 35.4 Å². The minimum absolute atomic E-state index is 0.144. The third-order valence-corrected chi connectivity index (χ3v) is 5.18. The molecule has 1 atom stereocenters. The molecule has 102 valence electrons. The monoisotopic (exact) mass is 278 g/mol. The Bertz CT molecular complexity index is 524. The number of hydrogen-bond donors (Lipinski definition) is 2. The van der Waals surface area contributed by atoms with Gasteiger partial charge in [-0.25, -0.2) is 17.2 Å². The molecule has 1 aromatic carbocycles. The van der Waals surface area contributed by atoms with Gasteiger partial charge in [-0.1, -0.05) is 0 Å². The third-order valence-electron chi connectivity index (χ3n) is 3.04. The molecule has 0 amide bonds. The fourth-order valence-corrected chi connectivity index (χ4v) is 2.29. The lowest BCUT2D eigenvalue weighted by atomic mass is 9.95. The van der Waals surface area contributed by atoms with E-state index in [2.05, 4.69) is 5.43 Å². The molecule has 0 heterocycles. The lowest BCUT2D eigenvalue weighted by Gasteiger charge is -2.32. The zero-order valence-corrected chi connectivity index (χ0v) is 11.2. The molecule has 18 heavy (non-hydrogen) atoms. The van der Waals surface area contributed by atoms with Crippen LogP contribution in [0.15, 0.2) is 18.2 Å². The quantitative estimate of drug-likeness (QED) is 0.643. The largest absolute Gasteiger partial charge is 0.271 e. The lowest BCUT2D eigenvalue weighted by molar-refractivity contribution is 0.423.